The van der Waals surface area contributed by atoms with E-state index in [1.807, 2.05) is 25.2 Å². The van der Waals surface area contributed by atoms with E-state index >= 15 is 0 Å². The second-order valence-corrected chi connectivity index (χ2v) is 2.61. The third-order valence-electron chi connectivity index (χ3n) is 1.76. The van der Waals surface area contributed by atoms with Gasteiger partial charge in [-0.15, -0.1) is 0 Å². The van der Waals surface area contributed by atoms with E-state index in [0.717, 1.165) is 17.1 Å². The Labute approximate surface area is 83.6 Å². The smallest absolute Gasteiger partial charge is 0.174 e. The van der Waals surface area contributed by atoms with Gasteiger partial charge in [0, 0.05) is 12.7 Å². The van der Waals surface area contributed by atoms with Gasteiger partial charge in [-0.1, -0.05) is 0 Å². The summed E-state index contributed by atoms with van der Waals surface area (Å²) in [5.41, 5.74) is 1.72. The Morgan fingerprint density at radius 3 is 2.71 bits per heavy atom. The van der Waals surface area contributed by atoms with Crippen LogP contribution in [-0.4, -0.2) is 27.7 Å². The molecule has 4 nitrogen and oxygen atoms in total. The molecule has 1 N–H and O–H groups in total. The minimum atomic E-state index is 0.720. The molecule has 0 atom stereocenters. The highest BCUT2D eigenvalue weighted by molar-refractivity contribution is 5.66. The van der Waals surface area contributed by atoms with Crippen LogP contribution in [0, 0.1) is 0 Å². The SMILES string of the molecule is CNc1ccc(OC)c(N=COC)c1. The highest BCUT2D eigenvalue weighted by Crippen LogP contribution is 2.29. The molecule has 0 amide bonds. The van der Waals surface area contributed by atoms with Crippen molar-refractivity contribution in [2.24, 2.45) is 4.99 Å². The van der Waals surface area contributed by atoms with Gasteiger partial charge < -0.3 is 14.8 Å². The zero-order chi connectivity index (χ0) is 10.4. The predicted octanol–water partition coefficient (Wildman–Crippen LogP) is 2.04. The maximum Gasteiger partial charge on any atom is 0.174 e. The molecule has 0 heterocycles. The normalized spacial score (nSPS) is 10.2. The summed E-state index contributed by atoms with van der Waals surface area (Å²) in [5, 5.41) is 3.02. The fourth-order valence-electron chi connectivity index (χ4n) is 1.06. The monoisotopic (exact) mass is 194 g/mol. The number of aliphatic imine (C=N–C) groups is 1. The summed E-state index contributed by atoms with van der Waals surface area (Å²) in [6.45, 7) is 0. The van der Waals surface area contributed by atoms with Crippen LogP contribution in [0.5, 0.6) is 5.75 Å². The van der Waals surface area contributed by atoms with Gasteiger partial charge >= 0.3 is 0 Å². The van der Waals surface area contributed by atoms with Gasteiger partial charge in [-0.2, -0.15) is 0 Å². The number of ether oxygens (including phenoxy) is 2. The van der Waals surface area contributed by atoms with E-state index in [-0.39, 0.29) is 0 Å². The maximum absolute atomic E-state index is 5.14. The average Bonchev–Trinajstić information content (AvgIpc) is 2.25. The Hall–Kier alpha value is -1.71. The lowest BCUT2D eigenvalue weighted by atomic mass is 10.2. The van der Waals surface area contributed by atoms with Crippen molar-refractivity contribution in [1.82, 2.24) is 0 Å². The highest BCUT2D eigenvalue weighted by atomic mass is 16.5. The van der Waals surface area contributed by atoms with Gasteiger partial charge in [-0.25, -0.2) is 4.99 Å². The molecule has 76 valence electrons. The van der Waals surface area contributed by atoms with Gasteiger partial charge in [-0.05, 0) is 18.2 Å². The average molecular weight is 194 g/mol. The molecule has 0 unspecified atom stereocenters. The molecular weight excluding hydrogens is 180 g/mol. The molecule has 1 rings (SSSR count). The Bertz CT molecular complexity index is 324. The zero-order valence-corrected chi connectivity index (χ0v) is 8.57. The van der Waals surface area contributed by atoms with Gasteiger partial charge in [-0.3, -0.25) is 0 Å². The molecule has 0 bridgehead atoms. The number of rotatable bonds is 4. The number of benzene rings is 1. The minimum absolute atomic E-state index is 0.720. The van der Waals surface area contributed by atoms with Crippen LogP contribution in [0.3, 0.4) is 0 Å². The van der Waals surface area contributed by atoms with E-state index in [4.69, 9.17) is 9.47 Å². The highest BCUT2D eigenvalue weighted by Gasteiger charge is 2.01. The van der Waals surface area contributed by atoms with Crippen molar-refractivity contribution >= 4 is 17.8 Å². The Balaban J connectivity index is 3.02. The van der Waals surface area contributed by atoms with Crippen LogP contribution in [0.15, 0.2) is 23.2 Å². The molecular formula is C10H14N2O2. The molecule has 0 aliphatic rings. The number of anilines is 1. The van der Waals surface area contributed by atoms with Crippen molar-refractivity contribution in [2.75, 3.05) is 26.6 Å². The summed E-state index contributed by atoms with van der Waals surface area (Å²) >= 11 is 0. The quantitative estimate of drug-likeness (QED) is 0.589. The largest absolute Gasteiger partial charge is 0.494 e. The van der Waals surface area contributed by atoms with Crippen LogP contribution >= 0.6 is 0 Å². The van der Waals surface area contributed by atoms with Crippen molar-refractivity contribution in [3.05, 3.63) is 18.2 Å². The van der Waals surface area contributed by atoms with Gasteiger partial charge in [0.1, 0.15) is 11.4 Å². The molecule has 0 fully saturated rings. The Morgan fingerprint density at radius 2 is 2.14 bits per heavy atom. The number of methoxy groups -OCH3 is 2. The fraction of sp³-hybridized carbons (Fsp3) is 0.300. The first-order chi connectivity index (χ1) is 6.81. The van der Waals surface area contributed by atoms with Crippen molar-refractivity contribution < 1.29 is 9.47 Å². The molecule has 0 aromatic heterocycles. The standard InChI is InChI=1S/C10H14N2O2/c1-11-8-4-5-10(14-3)9(6-8)12-7-13-2/h4-7,11H,1-3H3. The third-order valence-corrected chi connectivity index (χ3v) is 1.76. The number of hydrogen-bond acceptors (Lipinski definition) is 4. The van der Waals surface area contributed by atoms with Crippen LogP contribution in [0.2, 0.25) is 0 Å². The summed E-state index contributed by atoms with van der Waals surface area (Å²) in [7, 11) is 5.02. The summed E-state index contributed by atoms with van der Waals surface area (Å²) < 4.78 is 9.90. The summed E-state index contributed by atoms with van der Waals surface area (Å²) in [6, 6.07) is 5.66. The third kappa shape index (κ3) is 2.39. The topological polar surface area (TPSA) is 42.8 Å². The maximum atomic E-state index is 5.14. The van der Waals surface area contributed by atoms with Crippen LogP contribution in [0.4, 0.5) is 11.4 Å². The Morgan fingerprint density at radius 1 is 1.36 bits per heavy atom. The van der Waals surface area contributed by atoms with E-state index in [1.54, 1.807) is 14.2 Å². The first kappa shape index (κ1) is 10.4. The molecule has 0 aliphatic carbocycles. The molecule has 0 saturated heterocycles. The van der Waals surface area contributed by atoms with Crippen molar-refractivity contribution in [3.8, 4) is 5.75 Å². The molecule has 0 radical (unpaired) electrons. The molecule has 4 heteroatoms. The first-order valence-electron chi connectivity index (χ1n) is 4.23. The van der Waals surface area contributed by atoms with E-state index in [0.29, 0.717) is 0 Å². The second-order valence-electron chi connectivity index (χ2n) is 2.61. The van der Waals surface area contributed by atoms with Gasteiger partial charge in [0.2, 0.25) is 0 Å². The molecule has 0 saturated carbocycles. The van der Waals surface area contributed by atoms with Gasteiger partial charge in [0.05, 0.1) is 14.2 Å². The Kier molecular flexibility index (Phi) is 3.79. The van der Waals surface area contributed by atoms with Crippen molar-refractivity contribution in [2.45, 2.75) is 0 Å². The van der Waals surface area contributed by atoms with Crippen LogP contribution in [0.1, 0.15) is 0 Å². The summed E-state index contributed by atoms with van der Waals surface area (Å²) in [5.74, 6) is 0.720. The van der Waals surface area contributed by atoms with Crippen LogP contribution in [0.25, 0.3) is 0 Å². The lowest BCUT2D eigenvalue weighted by molar-refractivity contribution is 0.412. The van der Waals surface area contributed by atoms with Gasteiger partial charge in [0.15, 0.2) is 6.40 Å². The molecule has 14 heavy (non-hydrogen) atoms. The lowest BCUT2D eigenvalue weighted by Crippen LogP contribution is -1.89. The first-order valence-corrected chi connectivity index (χ1v) is 4.23. The summed E-state index contributed by atoms with van der Waals surface area (Å²) in [6.07, 6.45) is 1.37. The summed E-state index contributed by atoms with van der Waals surface area (Å²) in [4.78, 5) is 4.09. The second kappa shape index (κ2) is 5.11. The van der Waals surface area contributed by atoms with Crippen LogP contribution < -0.4 is 10.1 Å². The molecule has 1 aromatic rings. The number of nitrogens with zero attached hydrogens (tertiary/aromatic N) is 1. The van der Waals surface area contributed by atoms with E-state index in [2.05, 4.69) is 10.3 Å². The molecule has 0 aliphatic heterocycles. The molecule has 1 aromatic carbocycles. The van der Waals surface area contributed by atoms with Crippen molar-refractivity contribution in [1.29, 1.82) is 0 Å². The predicted molar refractivity (Wildman–Crippen MR) is 57.7 cm³/mol. The zero-order valence-electron chi connectivity index (χ0n) is 8.57. The minimum Gasteiger partial charge on any atom is -0.494 e. The van der Waals surface area contributed by atoms with Crippen molar-refractivity contribution in [3.63, 3.8) is 0 Å². The van der Waals surface area contributed by atoms with E-state index in [9.17, 15) is 0 Å². The number of nitrogens with one attached hydrogen (secondary N) is 1. The number of hydrogen-bond donors (Lipinski definition) is 1. The van der Waals surface area contributed by atoms with Gasteiger partial charge in [0.25, 0.3) is 0 Å². The fourth-order valence-corrected chi connectivity index (χ4v) is 1.06. The lowest BCUT2D eigenvalue weighted by Gasteiger charge is -2.06. The van der Waals surface area contributed by atoms with Crippen LogP contribution in [-0.2, 0) is 4.74 Å². The van der Waals surface area contributed by atoms with E-state index in [1.165, 1.54) is 6.40 Å². The van der Waals surface area contributed by atoms with E-state index < -0.39 is 0 Å². The molecule has 0 spiro atoms.